The second-order valence-electron chi connectivity index (χ2n) is 3.09. The minimum Gasteiger partial charge on any atom is -0.396 e. The van der Waals surface area contributed by atoms with Crippen molar-refractivity contribution in [3.63, 3.8) is 0 Å². The molecule has 0 bridgehead atoms. The van der Waals surface area contributed by atoms with E-state index in [0.29, 0.717) is 6.61 Å². The molecule has 1 heteroatoms. The summed E-state index contributed by atoms with van der Waals surface area (Å²) in [6, 6.07) is 0. The van der Waals surface area contributed by atoms with Crippen LogP contribution in [-0.2, 0) is 0 Å². The molecule has 13 heavy (non-hydrogen) atoms. The molecule has 0 aromatic carbocycles. The Morgan fingerprint density at radius 3 is 2.38 bits per heavy atom. The van der Waals surface area contributed by atoms with E-state index in [9.17, 15) is 0 Å². The van der Waals surface area contributed by atoms with Crippen LogP contribution < -0.4 is 0 Å². The van der Waals surface area contributed by atoms with Gasteiger partial charge in [0.15, 0.2) is 0 Å². The average Bonchev–Trinajstić information content (AvgIpc) is 2.16. The third-order valence-electron chi connectivity index (χ3n) is 1.83. The fourth-order valence-electron chi connectivity index (χ4n) is 1.09. The SMILES string of the molecule is C=CCC#CCCCCCCCO. The lowest BCUT2D eigenvalue weighted by molar-refractivity contribution is 0.282. The van der Waals surface area contributed by atoms with Gasteiger partial charge in [0.05, 0.1) is 0 Å². The molecule has 0 fully saturated rings. The maximum atomic E-state index is 8.53. The Hall–Kier alpha value is -0.740. The van der Waals surface area contributed by atoms with Crippen molar-refractivity contribution in [3.8, 4) is 11.8 Å². The molecule has 0 aliphatic carbocycles. The Morgan fingerprint density at radius 1 is 1.00 bits per heavy atom. The van der Waals surface area contributed by atoms with Crippen LogP contribution in [0.5, 0.6) is 0 Å². The van der Waals surface area contributed by atoms with E-state index < -0.39 is 0 Å². The summed E-state index contributed by atoms with van der Waals surface area (Å²) in [5.74, 6) is 6.14. The number of hydrogen-bond acceptors (Lipinski definition) is 1. The predicted molar refractivity (Wildman–Crippen MR) is 57.4 cm³/mol. The van der Waals surface area contributed by atoms with Crippen molar-refractivity contribution in [1.29, 1.82) is 0 Å². The Bertz CT molecular complexity index is 162. The molecule has 0 rings (SSSR count). The largest absolute Gasteiger partial charge is 0.396 e. The second kappa shape index (κ2) is 11.3. The molecule has 0 radical (unpaired) electrons. The zero-order valence-corrected chi connectivity index (χ0v) is 8.39. The van der Waals surface area contributed by atoms with Gasteiger partial charge in [-0.25, -0.2) is 0 Å². The van der Waals surface area contributed by atoms with Crippen LogP contribution in [0.4, 0.5) is 0 Å². The quantitative estimate of drug-likeness (QED) is 0.363. The lowest BCUT2D eigenvalue weighted by Crippen LogP contribution is -1.83. The smallest absolute Gasteiger partial charge is 0.0431 e. The van der Waals surface area contributed by atoms with Crippen molar-refractivity contribution in [1.82, 2.24) is 0 Å². The van der Waals surface area contributed by atoms with Crippen LogP contribution in [0.3, 0.4) is 0 Å². The standard InChI is InChI=1S/C12H20O/c1-2-3-4-5-6-7-8-9-10-11-12-13/h2,13H,1,3,6-12H2. The number of unbranched alkanes of at least 4 members (excludes halogenated alkanes) is 5. The van der Waals surface area contributed by atoms with Gasteiger partial charge >= 0.3 is 0 Å². The van der Waals surface area contributed by atoms with Gasteiger partial charge in [0.2, 0.25) is 0 Å². The summed E-state index contributed by atoms with van der Waals surface area (Å²) in [7, 11) is 0. The van der Waals surface area contributed by atoms with E-state index in [1.165, 1.54) is 19.3 Å². The molecule has 0 atom stereocenters. The Morgan fingerprint density at radius 2 is 1.69 bits per heavy atom. The van der Waals surface area contributed by atoms with Crippen LogP contribution in [0.2, 0.25) is 0 Å². The van der Waals surface area contributed by atoms with Crippen LogP contribution in [-0.4, -0.2) is 11.7 Å². The van der Waals surface area contributed by atoms with E-state index in [4.69, 9.17) is 5.11 Å². The van der Waals surface area contributed by atoms with Crippen molar-refractivity contribution in [2.75, 3.05) is 6.61 Å². The number of aliphatic hydroxyl groups excluding tert-OH is 1. The number of aliphatic hydroxyl groups is 1. The predicted octanol–water partition coefficient (Wildman–Crippen LogP) is 2.90. The first-order chi connectivity index (χ1) is 6.41. The van der Waals surface area contributed by atoms with Gasteiger partial charge < -0.3 is 5.11 Å². The van der Waals surface area contributed by atoms with E-state index in [1.807, 2.05) is 6.08 Å². The van der Waals surface area contributed by atoms with Gasteiger partial charge in [0.25, 0.3) is 0 Å². The maximum absolute atomic E-state index is 8.53. The van der Waals surface area contributed by atoms with Crippen LogP contribution in [0.25, 0.3) is 0 Å². The van der Waals surface area contributed by atoms with Crippen molar-refractivity contribution in [2.45, 2.75) is 44.9 Å². The lowest BCUT2D eigenvalue weighted by Gasteiger charge is -1.95. The summed E-state index contributed by atoms with van der Waals surface area (Å²) in [5, 5.41) is 8.53. The number of hydrogen-bond donors (Lipinski definition) is 1. The highest BCUT2D eigenvalue weighted by molar-refractivity contribution is 5.02. The van der Waals surface area contributed by atoms with E-state index in [1.54, 1.807) is 0 Å². The number of allylic oxidation sites excluding steroid dienone is 1. The molecule has 1 N–H and O–H groups in total. The van der Waals surface area contributed by atoms with E-state index >= 15 is 0 Å². The third kappa shape index (κ3) is 11.3. The first-order valence-electron chi connectivity index (χ1n) is 5.09. The molecular formula is C12H20O. The average molecular weight is 180 g/mol. The highest BCUT2D eigenvalue weighted by Crippen LogP contribution is 2.04. The zero-order chi connectivity index (χ0) is 9.78. The van der Waals surface area contributed by atoms with Crippen LogP contribution in [0.15, 0.2) is 12.7 Å². The van der Waals surface area contributed by atoms with Gasteiger partial charge in [-0.1, -0.05) is 31.3 Å². The maximum Gasteiger partial charge on any atom is 0.0431 e. The van der Waals surface area contributed by atoms with Crippen LogP contribution in [0, 0.1) is 11.8 Å². The first kappa shape index (κ1) is 12.3. The van der Waals surface area contributed by atoms with Crippen LogP contribution >= 0.6 is 0 Å². The molecule has 0 spiro atoms. The Balaban J connectivity index is 3.00. The lowest BCUT2D eigenvalue weighted by atomic mass is 10.1. The molecule has 74 valence electrons. The molecule has 0 saturated carbocycles. The monoisotopic (exact) mass is 180 g/mol. The van der Waals surface area contributed by atoms with Crippen molar-refractivity contribution in [3.05, 3.63) is 12.7 Å². The van der Waals surface area contributed by atoms with E-state index in [-0.39, 0.29) is 0 Å². The fraction of sp³-hybridized carbons (Fsp3) is 0.667. The van der Waals surface area contributed by atoms with Gasteiger partial charge in [-0.2, -0.15) is 0 Å². The van der Waals surface area contributed by atoms with E-state index in [2.05, 4.69) is 18.4 Å². The Kier molecular flexibility index (Phi) is 10.6. The first-order valence-corrected chi connectivity index (χ1v) is 5.09. The van der Waals surface area contributed by atoms with Gasteiger partial charge in [-0.3, -0.25) is 0 Å². The molecule has 0 aromatic rings. The molecular weight excluding hydrogens is 160 g/mol. The van der Waals surface area contributed by atoms with Crippen LogP contribution in [0.1, 0.15) is 44.9 Å². The molecule has 0 amide bonds. The van der Waals surface area contributed by atoms with E-state index in [0.717, 1.165) is 25.7 Å². The zero-order valence-electron chi connectivity index (χ0n) is 8.39. The number of rotatable bonds is 7. The minimum atomic E-state index is 0.332. The summed E-state index contributed by atoms with van der Waals surface area (Å²) in [5.41, 5.74) is 0. The summed E-state index contributed by atoms with van der Waals surface area (Å²) >= 11 is 0. The molecule has 1 nitrogen and oxygen atoms in total. The molecule has 0 saturated heterocycles. The van der Waals surface area contributed by atoms with Crippen molar-refractivity contribution in [2.24, 2.45) is 0 Å². The third-order valence-corrected chi connectivity index (χ3v) is 1.83. The van der Waals surface area contributed by atoms with Crippen molar-refractivity contribution < 1.29 is 5.11 Å². The summed E-state index contributed by atoms with van der Waals surface area (Å²) in [6.45, 7) is 3.93. The fourth-order valence-corrected chi connectivity index (χ4v) is 1.09. The molecule has 0 heterocycles. The molecule has 0 unspecified atom stereocenters. The normalized spacial score (nSPS) is 9.00. The van der Waals surface area contributed by atoms with Crippen molar-refractivity contribution >= 4 is 0 Å². The molecule has 0 aliphatic heterocycles. The Labute approximate surface area is 81.9 Å². The highest BCUT2D eigenvalue weighted by Gasteiger charge is 1.87. The van der Waals surface area contributed by atoms with Gasteiger partial charge in [0, 0.05) is 19.4 Å². The topological polar surface area (TPSA) is 20.2 Å². The summed E-state index contributed by atoms with van der Waals surface area (Å²) in [6.07, 6.45) is 9.40. The highest BCUT2D eigenvalue weighted by atomic mass is 16.2. The summed E-state index contributed by atoms with van der Waals surface area (Å²) < 4.78 is 0. The van der Waals surface area contributed by atoms with Gasteiger partial charge in [-0.15, -0.1) is 12.5 Å². The van der Waals surface area contributed by atoms with Gasteiger partial charge in [0.1, 0.15) is 0 Å². The molecule has 0 aromatic heterocycles. The second-order valence-corrected chi connectivity index (χ2v) is 3.09. The molecule has 0 aliphatic rings. The van der Waals surface area contributed by atoms with Gasteiger partial charge in [-0.05, 0) is 12.8 Å². The summed E-state index contributed by atoms with van der Waals surface area (Å²) in [4.78, 5) is 0. The minimum absolute atomic E-state index is 0.332.